The van der Waals surface area contributed by atoms with Crippen molar-refractivity contribution in [1.82, 2.24) is 5.32 Å². The number of carbonyl (C=O) groups is 2. The Bertz CT molecular complexity index is 989. The first-order valence-electron chi connectivity index (χ1n) is 7.85. The van der Waals surface area contributed by atoms with Gasteiger partial charge in [-0.3, -0.25) is 9.59 Å². The molecule has 1 saturated heterocycles. The number of nitrogens with zero attached hydrogens (tertiary/aromatic N) is 1. The van der Waals surface area contributed by atoms with Crippen molar-refractivity contribution in [1.29, 1.82) is 0 Å². The lowest BCUT2D eigenvalue weighted by atomic mass is 10.2. The number of hydrogen-bond acceptors (Lipinski definition) is 6. The third-order valence-corrected chi connectivity index (χ3v) is 5.61. The van der Waals surface area contributed by atoms with Gasteiger partial charge in [0.05, 0.1) is 10.6 Å². The van der Waals surface area contributed by atoms with Crippen molar-refractivity contribution >= 4 is 50.1 Å². The largest absolute Gasteiger partial charge is 0.326 e. The topological polar surface area (TPSA) is 131 Å². The van der Waals surface area contributed by atoms with Crippen molar-refractivity contribution in [3.8, 4) is 0 Å². The van der Waals surface area contributed by atoms with Crippen LogP contribution in [0.5, 0.6) is 0 Å². The highest BCUT2D eigenvalue weighted by Gasteiger charge is 2.32. The number of carbonyl (C=O) groups excluding carboxylic acids is 2. The summed E-state index contributed by atoms with van der Waals surface area (Å²) in [5.41, 5.74) is 1.12. The highest BCUT2D eigenvalue weighted by Crippen LogP contribution is 2.26. The maximum Gasteiger partial charge on any atom is 0.240 e. The Hall–Kier alpha value is -2.69. The van der Waals surface area contributed by atoms with Crippen molar-refractivity contribution < 1.29 is 18.0 Å². The second kappa shape index (κ2) is 7.91. The molecule has 2 aromatic carbocycles. The van der Waals surface area contributed by atoms with E-state index in [2.05, 4.69) is 15.6 Å². The number of amidine groups is 1. The first-order chi connectivity index (χ1) is 12.8. The predicted octanol–water partition coefficient (Wildman–Crippen LogP) is 1.58. The monoisotopic (exact) mass is 404 g/mol. The molecule has 0 radical (unpaired) electrons. The zero-order valence-electron chi connectivity index (χ0n) is 14.0. The van der Waals surface area contributed by atoms with Gasteiger partial charge in [-0.25, -0.2) is 18.5 Å². The molecule has 0 saturated carbocycles. The van der Waals surface area contributed by atoms with Crippen LogP contribution in [0.15, 0.2) is 64.5 Å². The van der Waals surface area contributed by atoms with E-state index in [1.54, 1.807) is 24.3 Å². The van der Waals surface area contributed by atoms with Crippen LogP contribution in [0.3, 0.4) is 0 Å². The lowest BCUT2D eigenvalue weighted by Crippen LogP contribution is -2.28. The molecule has 10 heteroatoms. The van der Waals surface area contributed by atoms with Crippen molar-refractivity contribution in [2.75, 3.05) is 5.32 Å². The molecule has 1 fully saturated rings. The minimum Gasteiger partial charge on any atom is -0.326 e. The summed E-state index contributed by atoms with van der Waals surface area (Å²) in [6.45, 7) is 0. The molecule has 0 unspecified atom stereocenters. The fourth-order valence-electron chi connectivity index (χ4n) is 2.32. The van der Waals surface area contributed by atoms with Gasteiger partial charge in [-0.05, 0) is 36.4 Å². The zero-order chi connectivity index (χ0) is 19.4. The highest BCUT2D eigenvalue weighted by molar-refractivity contribution is 8.15. The van der Waals surface area contributed by atoms with Crippen LogP contribution in [0.4, 0.5) is 11.4 Å². The van der Waals surface area contributed by atoms with E-state index in [-0.39, 0.29) is 23.1 Å². The van der Waals surface area contributed by atoms with Crippen molar-refractivity contribution in [3.05, 3.63) is 54.6 Å². The first kappa shape index (κ1) is 19.1. The van der Waals surface area contributed by atoms with Gasteiger partial charge >= 0.3 is 0 Å². The molecule has 2 aromatic rings. The van der Waals surface area contributed by atoms with Crippen LogP contribution in [-0.4, -0.2) is 30.6 Å². The van der Waals surface area contributed by atoms with Crippen molar-refractivity contribution in [3.63, 3.8) is 0 Å². The molecular formula is C17H16N4O4S2. The van der Waals surface area contributed by atoms with Crippen molar-refractivity contribution in [2.24, 2.45) is 10.1 Å². The van der Waals surface area contributed by atoms with Crippen LogP contribution in [0.1, 0.15) is 6.42 Å². The summed E-state index contributed by atoms with van der Waals surface area (Å²) in [6, 6.07) is 14.6. The van der Waals surface area contributed by atoms with E-state index in [9.17, 15) is 18.0 Å². The summed E-state index contributed by atoms with van der Waals surface area (Å²) >= 11 is 1.15. The minimum absolute atomic E-state index is 0.00870. The molecule has 0 aliphatic carbocycles. The van der Waals surface area contributed by atoms with Crippen LogP contribution in [-0.2, 0) is 19.6 Å². The van der Waals surface area contributed by atoms with Crippen LogP contribution in [0.25, 0.3) is 0 Å². The number of hydrogen-bond donors (Lipinski definition) is 3. The smallest absolute Gasteiger partial charge is 0.240 e. The van der Waals surface area contributed by atoms with E-state index < -0.39 is 15.3 Å². The maximum absolute atomic E-state index is 12.1. The Morgan fingerprint density at radius 1 is 1.15 bits per heavy atom. The number of nitrogens with one attached hydrogen (secondary N) is 2. The van der Waals surface area contributed by atoms with Gasteiger partial charge in [-0.1, -0.05) is 30.0 Å². The van der Waals surface area contributed by atoms with Crippen LogP contribution in [0.2, 0.25) is 0 Å². The summed E-state index contributed by atoms with van der Waals surface area (Å²) in [6.07, 6.45) is 0.00870. The Morgan fingerprint density at radius 3 is 2.44 bits per heavy atom. The molecule has 0 bridgehead atoms. The number of nitrogens with two attached hydrogens (primary N) is 1. The first-order valence-corrected chi connectivity index (χ1v) is 10.3. The van der Waals surface area contributed by atoms with Crippen LogP contribution < -0.4 is 15.8 Å². The van der Waals surface area contributed by atoms with E-state index in [0.717, 1.165) is 11.8 Å². The van der Waals surface area contributed by atoms with Gasteiger partial charge in [-0.2, -0.15) is 0 Å². The SMILES string of the molecule is NS(=O)(=O)c1ccc(N=C2NC(=O)[C@H](CC(=O)Nc3ccccc3)S2)cc1. The molecular weight excluding hydrogens is 388 g/mol. The summed E-state index contributed by atoms with van der Waals surface area (Å²) in [5, 5.41) is 10.2. The lowest BCUT2D eigenvalue weighted by molar-refractivity contribution is -0.122. The molecule has 27 heavy (non-hydrogen) atoms. The molecule has 1 aliphatic heterocycles. The molecule has 0 aromatic heterocycles. The molecule has 0 spiro atoms. The van der Waals surface area contributed by atoms with Gasteiger partial charge < -0.3 is 10.6 Å². The number of thioether (sulfide) groups is 1. The van der Waals surface area contributed by atoms with Gasteiger partial charge in [0.25, 0.3) is 0 Å². The number of anilines is 1. The molecule has 1 heterocycles. The van der Waals surface area contributed by atoms with E-state index in [1.807, 2.05) is 6.07 Å². The summed E-state index contributed by atoms with van der Waals surface area (Å²) in [5.74, 6) is -0.573. The number of para-hydroxylation sites is 1. The molecule has 1 atom stereocenters. The number of sulfonamides is 1. The van der Waals surface area contributed by atoms with Crippen molar-refractivity contribution in [2.45, 2.75) is 16.6 Å². The number of benzene rings is 2. The molecule has 2 amide bonds. The van der Waals surface area contributed by atoms with Gasteiger partial charge in [-0.15, -0.1) is 0 Å². The fraction of sp³-hybridized carbons (Fsp3) is 0.118. The number of rotatable bonds is 5. The summed E-state index contributed by atoms with van der Waals surface area (Å²) in [4.78, 5) is 28.4. The third kappa shape index (κ3) is 5.16. The van der Waals surface area contributed by atoms with Crippen LogP contribution in [0, 0.1) is 0 Å². The standard InChI is InChI=1S/C17H16N4O4S2/c18-27(24,25)13-8-6-12(7-9-13)20-17-21-16(23)14(26-17)10-15(22)19-11-4-2-1-3-5-11/h1-9,14H,10H2,(H,19,22)(H2,18,24,25)(H,20,21,23)/t14-/m0/s1. The average Bonchev–Trinajstić information content (AvgIpc) is 2.94. The van der Waals surface area contributed by atoms with E-state index in [4.69, 9.17) is 5.14 Å². The number of primary sulfonamides is 1. The zero-order valence-corrected chi connectivity index (χ0v) is 15.6. The molecule has 140 valence electrons. The fourth-order valence-corrected chi connectivity index (χ4v) is 3.83. The quantitative estimate of drug-likeness (QED) is 0.696. The number of amides is 2. The minimum atomic E-state index is -3.77. The van der Waals surface area contributed by atoms with Gasteiger partial charge in [0.1, 0.15) is 5.25 Å². The molecule has 8 nitrogen and oxygen atoms in total. The van der Waals surface area contributed by atoms with Crippen LogP contribution >= 0.6 is 11.8 Å². The third-order valence-electron chi connectivity index (χ3n) is 3.60. The van der Waals surface area contributed by atoms with Gasteiger partial charge in [0.15, 0.2) is 5.17 Å². The second-order valence-corrected chi connectivity index (χ2v) is 8.42. The maximum atomic E-state index is 12.1. The predicted molar refractivity (Wildman–Crippen MR) is 104 cm³/mol. The van der Waals surface area contributed by atoms with E-state index in [0.29, 0.717) is 16.5 Å². The Kier molecular flexibility index (Phi) is 5.59. The normalized spacial score (nSPS) is 18.3. The van der Waals surface area contributed by atoms with E-state index in [1.165, 1.54) is 24.3 Å². The molecule has 4 N–H and O–H groups in total. The second-order valence-electron chi connectivity index (χ2n) is 5.67. The average molecular weight is 404 g/mol. The van der Waals surface area contributed by atoms with Gasteiger partial charge in [0.2, 0.25) is 21.8 Å². The Labute approximate surface area is 160 Å². The summed E-state index contributed by atoms with van der Waals surface area (Å²) in [7, 11) is -3.77. The molecule has 1 aliphatic rings. The summed E-state index contributed by atoms with van der Waals surface area (Å²) < 4.78 is 22.5. The lowest BCUT2D eigenvalue weighted by Gasteiger charge is -2.07. The number of aliphatic imine (C=N–C) groups is 1. The molecule has 3 rings (SSSR count). The Morgan fingerprint density at radius 2 is 1.81 bits per heavy atom. The Balaban J connectivity index is 1.63. The van der Waals surface area contributed by atoms with E-state index >= 15 is 0 Å². The van der Waals surface area contributed by atoms with Gasteiger partial charge in [0, 0.05) is 12.1 Å². The highest BCUT2D eigenvalue weighted by atomic mass is 32.2.